The fourth-order valence-corrected chi connectivity index (χ4v) is 5.34. The second kappa shape index (κ2) is 8.41. The minimum atomic E-state index is 0.0977. The number of piperidine rings is 2. The van der Waals surface area contributed by atoms with Gasteiger partial charge in [-0.05, 0) is 49.7 Å². The number of carbonyl (C=O) groups excluding carboxylic acids is 2. The highest BCUT2D eigenvalue weighted by Crippen LogP contribution is 2.33. The number of rotatable bonds is 4. The first-order chi connectivity index (χ1) is 13.2. The van der Waals surface area contributed by atoms with Crippen LogP contribution in [0.25, 0.3) is 0 Å². The smallest absolute Gasteiger partial charge is 0.253 e. The van der Waals surface area contributed by atoms with Crippen LogP contribution in [0.5, 0.6) is 0 Å². The van der Waals surface area contributed by atoms with Crippen molar-refractivity contribution in [2.45, 2.75) is 63.8 Å². The monoisotopic (exact) mass is 369 g/mol. The molecule has 2 aliphatic heterocycles. The Morgan fingerprint density at radius 1 is 1.00 bits per heavy atom. The highest BCUT2D eigenvalue weighted by Gasteiger charge is 2.39. The summed E-state index contributed by atoms with van der Waals surface area (Å²) in [6.07, 6.45) is 13.5. The zero-order valence-corrected chi connectivity index (χ0v) is 16.2. The van der Waals surface area contributed by atoms with Crippen molar-refractivity contribution in [3.63, 3.8) is 0 Å². The van der Waals surface area contributed by atoms with Gasteiger partial charge < -0.3 is 9.80 Å². The molecular weight excluding hydrogens is 338 g/mol. The fraction of sp³-hybridized carbons (Fsp3) is 0.682. The molecule has 2 saturated heterocycles. The Morgan fingerprint density at radius 2 is 1.78 bits per heavy atom. The molecule has 5 nitrogen and oxygen atoms in total. The summed E-state index contributed by atoms with van der Waals surface area (Å²) in [6.45, 7) is 2.43. The SMILES string of the molecule is O=C(c1ccncc1)N1CC[C@@H]2[C@H](CCCN2C(=O)CCC2CCCC2)C1. The Hall–Kier alpha value is -1.91. The average Bonchev–Trinajstić information content (AvgIpc) is 3.25. The van der Waals surface area contributed by atoms with E-state index in [2.05, 4.69) is 9.88 Å². The molecule has 1 saturated carbocycles. The van der Waals surface area contributed by atoms with Crippen molar-refractivity contribution >= 4 is 11.8 Å². The number of carbonyl (C=O) groups is 2. The summed E-state index contributed by atoms with van der Waals surface area (Å²) < 4.78 is 0. The summed E-state index contributed by atoms with van der Waals surface area (Å²) in [6, 6.07) is 3.90. The summed E-state index contributed by atoms with van der Waals surface area (Å²) in [5.41, 5.74) is 0.712. The third-order valence-electron chi connectivity index (χ3n) is 6.84. The van der Waals surface area contributed by atoms with Gasteiger partial charge in [-0.2, -0.15) is 0 Å². The maximum atomic E-state index is 12.9. The Balaban J connectivity index is 1.34. The molecule has 0 radical (unpaired) electrons. The molecular formula is C22H31N3O2. The Kier molecular flexibility index (Phi) is 5.74. The van der Waals surface area contributed by atoms with Crippen LogP contribution in [0.3, 0.4) is 0 Å². The minimum Gasteiger partial charge on any atom is -0.339 e. The van der Waals surface area contributed by atoms with Crippen LogP contribution < -0.4 is 0 Å². The lowest BCUT2D eigenvalue weighted by Crippen LogP contribution is -2.56. The van der Waals surface area contributed by atoms with Gasteiger partial charge in [-0.25, -0.2) is 0 Å². The fourth-order valence-electron chi connectivity index (χ4n) is 5.34. The van der Waals surface area contributed by atoms with Crippen LogP contribution >= 0.6 is 0 Å². The summed E-state index contributed by atoms with van der Waals surface area (Å²) in [4.78, 5) is 33.8. The summed E-state index contributed by atoms with van der Waals surface area (Å²) in [7, 11) is 0. The molecule has 3 aliphatic rings. The Bertz CT molecular complexity index is 657. The Morgan fingerprint density at radius 3 is 2.56 bits per heavy atom. The lowest BCUT2D eigenvalue weighted by molar-refractivity contribution is -0.138. The third kappa shape index (κ3) is 4.17. The summed E-state index contributed by atoms with van der Waals surface area (Å²) in [5, 5.41) is 0. The predicted molar refractivity (Wildman–Crippen MR) is 104 cm³/mol. The molecule has 3 fully saturated rings. The van der Waals surface area contributed by atoms with E-state index in [1.807, 2.05) is 4.90 Å². The molecule has 1 aromatic heterocycles. The number of hydrogen-bond donors (Lipinski definition) is 0. The van der Waals surface area contributed by atoms with E-state index in [0.717, 1.165) is 51.2 Å². The maximum Gasteiger partial charge on any atom is 0.253 e. The molecule has 0 unspecified atom stereocenters. The van der Waals surface area contributed by atoms with Gasteiger partial charge in [-0.1, -0.05) is 25.7 Å². The van der Waals surface area contributed by atoms with Crippen LogP contribution in [0, 0.1) is 11.8 Å². The second-order valence-electron chi connectivity index (χ2n) is 8.52. The normalized spacial score (nSPS) is 26.1. The molecule has 3 heterocycles. The van der Waals surface area contributed by atoms with Gasteiger partial charge in [0, 0.05) is 50.1 Å². The molecule has 27 heavy (non-hydrogen) atoms. The zero-order valence-electron chi connectivity index (χ0n) is 16.2. The predicted octanol–water partition coefficient (Wildman–Crippen LogP) is 3.51. The van der Waals surface area contributed by atoms with E-state index in [9.17, 15) is 9.59 Å². The van der Waals surface area contributed by atoms with Gasteiger partial charge in [0.15, 0.2) is 0 Å². The van der Waals surface area contributed by atoms with Crippen LogP contribution in [0.15, 0.2) is 24.5 Å². The van der Waals surface area contributed by atoms with Crippen LogP contribution in [-0.2, 0) is 4.79 Å². The van der Waals surface area contributed by atoms with E-state index in [1.165, 1.54) is 25.7 Å². The number of nitrogens with zero attached hydrogens (tertiary/aromatic N) is 3. The van der Waals surface area contributed by atoms with Gasteiger partial charge in [0.1, 0.15) is 0 Å². The lowest BCUT2D eigenvalue weighted by atomic mass is 9.83. The van der Waals surface area contributed by atoms with Gasteiger partial charge in [-0.3, -0.25) is 14.6 Å². The molecule has 4 rings (SSSR count). The van der Waals surface area contributed by atoms with Crippen LogP contribution in [0.2, 0.25) is 0 Å². The standard InChI is InChI=1S/C22H31N3O2/c26-21(8-7-17-4-1-2-5-17)25-14-3-6-19-16-24(15-11-20(19)25)22(27)18-9-12-23-13-10-18/h9-10,12-13,17,19-20H,1-8,11,14-16H2/t19-,20-/m1/s1. The molecule has 2 amide bonds. The molecule has 5 heteroatoms. The molecule has 1 aliphatic carbocycles. The molecule has 2 atom stereocenters. The minimum absolute atomic E-state index is 0.0977. The van der Waals surface area contributed by atoms with Crippen molar-refractivity contribution in [2.75, 3.05) is 19.6 Å². The van der Waals surface area contributed by atoms with E-state index in [1.54, 1.807) is 24.5 Å². The van der Waals surface area contributed by atoms with Crippen LogP contribution in [0.1, 0.15) is 68.1 Å². The maximum absolute atomic E-state index is 12.9. The molecule has 0 bridgehead atoms. The summed E-state index contributed by atoms with van der Waals surface area (Å²) in [5.74, 6) is 1.65. The van der Waals surface area contributed by atoms with Crippen LogP contribution in [0.4, 0.5) is 0 Å². The van der Waals surface area contributed by atoms with Gasteiger partial charge in [0.2, 0.25) is 5.91 Å². The third-order valence-corrected chi connectivity index (χ3v) is 6.84. The Labute approximate surface area is 162 Å². The van der Waals surface area contributed by atoms with Crippen LogP contribution in [-0.4, -0.2) is 52.3 Å². The van der Waals surface area contributed by atoms with E-state index >= 15 is 0 Å². The molecule has 1 aromatic rings. The first kappa shape index (κ1) is 18.5. The van der Waals surface area contributed by atoms with Crippen molar-refractivity contribution in [1.82, 2.24) is 14.8 Å². The van der Waals surface area contributed by atoms with Gasteiger partial charge in [0.05, 0.1) is 0 Å². The van der Waals surface area contributed by atoms with E-state index in [0.29, 0.717) is 29.9 Å². The number of fused-ring (bicyclic) bond motifs is 1. The number of pyridine rings is 1. The number of hydrogen-bond acceptors (Lipinski definition) is 3. The van der Waals surface area contributed by atoms with Crippen molar-refractivity contribution in [1.29, 1.82) is 0 Å². The molecule has 146 valence electrons. The first-order valence-corrected chi connectivity index (χ1v) is 10.7. The van der Waals surface area contributed by atoms with E-state index in [-0.39, 0.29) is 5.91 Å². The first-order valence-electron chi connectivity index (χ1n) is 10.7. The van der Waals surface area contributed by atoms with E-state index < -0.39 is 0 Å². The quantitative estimate of drug-likeness (QED) is 0.816. The molecule has 0 N–H and O–H groups in total. The largest absolute Gasteiger partial charge is 0.339 e. The van der Waals surface area contributed by atoms with Gasteiger partial charge >= 0.3 is 0 Å². The lowest BCUT2D eigenvalue weighted by Gasteiger charge is -2.47. The van der Waals surface area contributed by atoms with Crippen molar-refractivity contribution in [2.24, 2.45) is 11.8 Å². The topological polar surface area (TPSA) is 53.5 Å². The van der Waals surface area contributed by atoms with Gasteiger partial charge in [0.25, 0.3) is 5.91 Å². The summed E-state index contributed by atoms with van der Waals surface area (Å²) >= 11 is 0. The van der Waals surface area contributed by atoms with Gasteiger partial charge in [-0.15, -0.1) is 0 Å². The van der Waals surface area contributed by atoms with Crippen molar-refractivity contribution < 1.29 is 9.59 Å². The number of likely N-dealkylation sites (tertiary alicyclic amines) is 2. The average molecular weight is 370 g/mol. The highest BCUT2D eigenvalue weighted by molar-refractivity contribution is 5.94. The molecule has 0 spiro atoms. The van der Waals surface area contributed by atoms with Crippen molar-refractivity contribution in [3.8, 4) is 0 Å². The highest BCUT2D eigenvalue weighted by atomic mass is 16.2. The van der Waals surface area contributed by atoms with Crippen molar-refractivity contribution in [3.05, 3.63) is 30.1 Å². The second-order valence-corrected chi connectivity index (χ2v) is 8.52. The number of amides is 2. The zero-order chi connectivity index (χ0) is 18.6. The molecule has 0 aromatic carbocycles. The van der Waals surface area contributed by atoms with E-state index in [4.69, 9.17) is 0 Å². The number of aromatic nitrogens is 1.